The number of ether oxygens (including phenoxy) is 1. The number of methoxy groups -OCH3 is 1. The normalized spacial score (nSPS) is 9.25. The number of nitrogens with zero attached hydrogens (tertiary/aromatic N) is 2. The zero-order chi connectivity index (χ0) is 12.0. The summed E-state index contributed by atoms with van der Waals surface area (Å²) >= 11 is 0. The molecule has 1 rings (SSSR count). The number of rotatable bonds is 4. The van der Waals surface area contributed by atoms with Crippen LogP contribution in [0.3, 0.4) is 0 Å². The Morgan fingerprint density at radius 1 is 1.62 bits per heavy atom. The second kappa shape index (κ2) is 5.61. The molecule has 16 heavy (non-hydrogen) atoms. The molecule has 0 fully saturated rings. The zero-order valence-electron chi connectivity index (χ0n) is 8.88. The van der Waals surface area contributed by atoms with Crippen LogP contribution in [-0.2, 0) is 0 Å². The minimum atomic E-state index is -1.08. The molecule has 5 nitrogen and oxygen atoms in total. The summed E-state index contributed by atoms with van der Waals surface area (Å²) in [7, 11) is 1.51. The minimum absolute atomic E-state index is 0.152. The van der Waals surface area contributed by atoms with E-state index in [9.17, 15) is 4.79 Å². The molecule has 1 aromatic carbocycles. The van der Waals surface area contributed by atoms with E-state index in [1.807, 2.05) is 6.07 Å². The van der Waals surface area contributed by atoms with Crippen molar-refractivity contribution in [2.75, 3.05) is 18.6 Å². The molecule has 0 aromatic heterocycles. The maximum atomic E-state index is 11.0. The van der Waals surface area contributed by atoms with Gasteiger partial charge in [-0.05, 0) is 12.1 Å². The number of carboxylic acid groups (broad SMARTS) is 1. The molecule has 5 heteroatoms. The first-order chi connectivity index (χ1) is 7.69. The third-order valence-electron chi connectivity index (χ3n) is 2.04. The fourth-order valence-electron chi connectivity index (χ4n) is 1.28. The van der Waals surface area contributed by atoms with Crippen molar-refractivity contribution in [3.05, 3.63) is 24.3 Å². The van der Waals surface area contributed by atoms with E-state index in [1.54, 1.807) is 24.3 Å². The summed E-state index contributed by atoms with van der Waals surface area (Å²) in [5.74, 6) is 0.584. The van der Waals surface area contributed by atoms with Gasteiger partial charge in [-0.3, -0.25) is 4.90 Å². The molecule has 0 radical (unpaired) electrons. The fraction of sp³-hybridized carbons (Fsp3) is 0.273. The van der Waals surface area contributed by atoms with E-state index < -0.39 is 6.09 Å². The van der Waals surface area contributed by atoms with Crippen LogP contribution in [0.1, 0.15) is 6.42 Å². The maximum absolute atomic E-state index is 11.0. The Morgan fingerprint density at radius 2 is 2.38 bits per heavy atom. The number of nitriles is 1. The van der Waals surface area contributed by atoms with Gasteiger partial charge in [0.2, 0.25) is 0 Å². The number of benzene rings is 1. The van der Waals surface area contributed by atoms with Crippen molar-refractivity contribution in [1.29, 1.82) is 5.26 Å². The van der Waals surface area contributed by atoms with E-state index in [0.717, 1.165) is 4.90 Å². The largest absolute Gasteiger partial charge is 0.497 e. The molecule has 84 valence electrons. The molecule has 0 saturated heterocycles. The summed E-state index contributed by atoms with van der Waals surface area (Å²) in [6.45, 7) is 0.152. The quantitative estimate of drug-likeness (QED) is 0.843. The zero-order valence-corrected chi connectivity index (χ0v) is 8.88. The molecule has 1 amide bonds. The van der Waals surface area contributed by atoms with Gasteiger partial charge in [0.1, 0.15) is 5.75 Å². The SMILES string of the molecule is COc1cccc(N(CCC#N)C(=O)O)c1. The van der Waals surface area contributed by atoms with Crippen molar-refractivity contribution in [3.8, 4) is 11.8 Å². The van der Waals surface area contributed by atoms with Gasteiger partial charge in [-0.1, -0.05) is 6.07 Å². The van der Waals surface area contributed by atoms with Crippen LogP contribution in [0.15, 0.2) is 24.3 Å². The number of anilines is 1. The van der Waals surface area contributed by atoms with E-state index in [-0.39, 0.29) is 13.0 Å². The summed E-state index contributed by atoms with van der Waals surface area (Å²) < 4.78 is 5.00. The lowest BCUT2D eigenvalue weighted by Crippen LogP contribution is -2.29. The van der Waals surface area contributed by atoms with Gasteiger partial charge in [0.25, 0.3) is 0 Å². The first-order valence-electron chi connectivity index (χ1n) is 4.70. The highest BCUT2D eigenvalue weighted by Crippen LogP contribution is 2.21. The van der Waals surface area contributed by atoms with Crippen LogP contribution in [0, 0.1) is 11.3 Å². The fourth-order valence-corrected chi connectivity index (χ4v) is 1.28. The van der Waals surface area contributed by atoms with Gasteiger partial charge < -0.3 is 9.84 Å². The summed E-state index contributed by atoms with van der Waals surface area (Å²) in [6, 6.07) is 8.63. The van der Waals surface area contributed by atoms with Crippen molar-refractivity contribution < 1.29 is 14.6 Å². The maximum Gasteiger partial charge on any atom is 0.411 e. The Morgan fingerprint density at radius 3 is 2.94 bits per heavy atom. The molecular formula is C11H12N2O3. The Bertz CT molecular complexity index is 412. The third-order valence-corrected chi connectivity index (χ3v) is 2.04. The Kier molecular flexibility index (Phi) is 4.16. The second-order valence-corrected chi connectivity index (χ2v) is 3.04. The van der Waals surface area contributed by atoms with Crippen LogP contribution in [0.5, 0.6) is 5.75 Å². The summed E-state index contributed by atoms with van der Waals surface area (Å²) in [6.07, 6.45) is -0.924. The average Bonchev–Trinajstić information content (AvgIpc) is 2.29. The van der Waals surface area contributed by atoms with Crippen LogP contribution in [-0.4, -0.2) is 24.9 Å². The smallest absolute Gasteiger partial charge is 0.411 e. The Hall–Kier alpha value is -2.22. The molecule has 1 aromatic rings. The average molecular weight is 220 g/mol. The Labute approximate surface area is 93.5 Å². The molecular weight excluding hydrogens is 208 g/mol. The molecule has 0 atom stereocenters. The van der Waals surface area contributed by atoms with Crippen LogP contribution in [0.2, 0.25) is 0 Å². The minimum Gasteiger partial charge on any atom is -0.497 e. The first-order valence-corrected chi connectivity index (χ1v) is 4.70. The number of amides is 1. The van der Waals surface area contributed by atoms with Crippen LogP contribution in [0.25, 0.3) is 0 Å². The highest BCUT2D eigenvalue weighted by Gasteiger charge is 2.13. The van der Waals surface area contributed by atoms with Crippen molar-refractivity contribution in [2.45, 2.75) is 6.42 Å². The third kappa shape index (κ3) is 2.89. The molecule has 0 unspecified atom stereocenters. The van der Waals surface area contributed by atoms with Gasteiger partial charge in [0.05, 0.1) is 25.3 Å². The van der Waals surface area contributed by atoms with Gasteiger partial charge in [0, 0.05) is 12.6 Å². The summed E-state index contributed by atoms with van der Waals surface area (Å²) in [4.78, 5) is 12.1. The second-order valence-electron chi connectivity index (χ2n) is 3.04. The van der Waals surface area contributed by atoms with Gasteiger partial charge >= 0.3 is 6.09 Å². The van der Waals surface area contributed by atoms with Crippen molar-refractivity contribution in [1.82, 2.24) is 0 Å². The van der Waals surface area contributed by atoms with E-state index in [1.165, 1.54) is 7.11 Å². The monoisotopic (exact) mass is 220 g/mol. The lowest BCUT2D eigenvalue weighted by Gasteiger charge is -2.18. The summed E-state index contributed by atoms with van der Waals surface area (Å²) in [5.41, 5.74) is 0.502. The number of carbonyl (C=O) groups is 1. The van der Waals surface area contributed by atoms with E-state index in [0.29, 0.717) is 11.4 Å². The first kappa shape index (κ1) is 11.9. The predicted molar refractivity (Wildman–Crippen MR) is 58.6 cm³/mol. The number of hydrogen-bond acceptors (Lipinski definition) is 3. The molecule has 1 N–H and O–H groups in total. The highest BCUT2D eigenvalue weighted by atomic mass is 16.5. The van der Waals surface area contributed by atoms with E-state index >= 15 is 0 Å². The Balaban J connectivity index is 2.92. The lowest BCUT2D eigenvalue weighted by atomic mass is 10.2. The topological polar surface area (TPSA) is 73.6 Å². The number of hydrogen-bond donors (Lipinski definition) is 1. The molecule has 0 aliphatic rings. The molecule has 0 heterocycles. The van der Waals surface area contributed by atoms with Gasteiger partial charge in [-0.25, -0.2) is 4.79 Å². The van der Waals surface area contributed by atoms with E-state index in [4.69, 9.17) is 15.1 Å². The van der Waals surface area contributed by atoms with Gasteiger partial charge in [-0.15, -0.1) is 0 Å². The lowest BCUT2D eigenvalue weighted by molar-refractivity contribution is 0.202. The van der Waals surface area contributed by atoms with Gasteiger partial charge in [-0.2, -0.15) is 5.26 Å². The molecule has 0 bridgehead atoms. The van der Waals surface area contributed by atoms with Gasteiger partial charge in [0.15, 0.2) is 0 Å². The molecule has 0 saturated carbocycles. The molecule has 0 aliphatic carbocycles. The van der Waals surface area contributed by atoms with Crippen LogP contribution >= 0.6 is 0 Å². The molecule has 0 spiro atoms. The molecule has 0 aliphatic heterocycles. The van der Waals surface area contributed by atoms with Crippen molar-refractivity contribution in [3.63, 3.8) is 0 Å². The van der Waals surface area contributed by atoms with Crippen molar-refractivity contribution >= 4 is 11.8 Å². The van der Waals surface area contributed by atoms with Crippen LogP contribution < -0.4 is 9.64 Å². The highest BCUT2D eigenvalue weighted by molar-refractivity contribution is 5.86. The summed E-state index contributed by atoms with van der Waals surface area (Å²) in [5, 5.41) is 17.4. The van der Waals surface area contributed by atoms with Crippen LogP contribution in [0.4, 0.5) is 10.5 Å². The van der Waals surface area contributed by atoms with Crippen molar-refractivity contribution in [2.24, 2.45) is 0 Å². The predicted octanol–water partition coefficient (Wildman–Crippen LogP) is 2.09. The standard InChI is InChI=1S/C11H12N2O3/c1-16-10-5-2-4-9(8-10)13(11(14)15)7-3-6-12/h2,4-5,8H,3,7H2,1H3,(H,14,15). The van der Waals surface area contributed by atoms with E-state index in [2.05, 4.69) is 0 Å².